The first kappa shape index (κ1) is 18.6. The number of benzene rings is 1. The first-order chi connectivity index (χ1) is 11.6. The molecule has 0 radical (unpaired) electrons. The third-order valence-electron chi connectivity index (χ3n) is 4.20. The smallest absolute Gasteiger partial charge is 0.260 e. The third kappa shape index (κ3) is 6.04. The molecule has 0 spiro atoms. The molecule has 0 saturated heterocycles. The van der Waals surface area contributed by atoms with Crippen molar-refractivity contribution >= 4 is 23.4 Å². The number of carbonyl (C=O) groups excluding carboxylic acids is 2. The fourth-order valence-corrected chi connectivity index (χ4v) is 2.92. The van der Waals surface area contributed by atoms with E-state index >= 15 is 0 Å². The van der Waals surface area contributed by atoms with Crippen molar-refractivity contribution in [3.8, 4) is 5.75 Å². The molecule has 0 heterocycles. The molecule has 0 aliphatic heterocycles. The first-order valence-corrected chi connectivity index (χ1v) is 8.91. The van der Waals surface area contributed by atoms with Crippen molar-refractivity contribution in [1.82, 2.24) is 10.6 Å². The summed E-state index contributed by atoms with van der Waals surface area (Å²) >= 11 is 5.81. The van der Waals surface area contributed by atoms with Gasteiger partial charge in [-0.15, -0.1) is 0 Å². The molecule has 1 aliphatic carbocycles. The minimum atomic E-state index is -0.611. The average molecular weight is 353 g/mol. The summed E-state index contributed by atoms with van der Waals surface area (Å²) in [5.41, 5.74) is 0. The zero-order chi connectivity index (χ0) is 17.4. The van der Waals surface area contributed by atoms with Gasteiger partial charge < -0.3 is 15.4 Å². The highest BCUT2D eigenvalue weighted by Crippen LogP contribution is 2.23. The van der Waals surface area contributed by atoms with Gasteiger partial charge in [0.2, 0.25) is 5.91 Å². The Morgan fingerprint density at radius 2 is 1.75 bits per heavy atom. The zero-order valence-electron chi connectivity index (χ0n) is 14.0. The first-order valence-electron chi connectivity index (χ1n) is 8.54. The van der Waals surface area contributed by atoms with Crippen LogP contribution in [-0.4, -0.2) is 31.0 Å². The molecular weight excluding hydrogens is 328 g/mol. The van der Waals surface area contributed by atoms with Crippen LogP contribution in [0.2, 0.25) is 5.02 Å². The summed E-state index contributed by atoms with van der Waals surface area (Å²) in [5, 5.41) is 6.28. The molecule has 1 unspecified atom stereocenters. The molecular formula is C18H25ClN2O3. The summed E-state index contributed by atoms with van der Waals surface area (Å²) < 4.78 is 5.55. The maximum Gasteiger partial charge on any atom is 0.260 e. The molecule has 1 aromatic carbocycles. The lowest BCUT2D eigenvalue weighted by molar-refractivity contribution is -0.128. The van der Waals surface area contributed by atoms with Crippen molar-refractivity contribution in [2.75, 3.05) is 13.1 Å². The van der Waals surface area contributed by atoms with E-state index < -0.39 is 6.10 Å². The van der Waals surface area contributed by atoms with Crippen molar-refractivity contribution in [3.05, 3.63) is 29.3 Å². The van der Waals surface area contributed by atoms with E-state index in [4.69, 9.17) is 16.3 Å². The summed E-state index contributed by atoms with van der Waals surface area (Å²) in [7, 11) is 0. The predicted octanol–water partition coefficient (Wildman–Crippen LogP) is 2.92. The van der Waals surface area contributed by atoms with E-state index in [-0.39, 0.29) is 17.7 Å². The van der Waals surface area contributed by atoms with Gasteiger partial charge in [0.05, 0.1) is 0 Å². The van der Waals surface area contributed by atoms with Crippen molar-refractivity contribution in [2.45, 2.75) is 45.1 Å². The molecule has 5 nitrogen and oxygen atoms in total. The molecule has 6 heteroatoms. The number of amides is 2. The highest BCUT2D eigenvalue weighted by Gasteiger charge is 2.20. The number of carbonyl (C=O) groups is 2. The molecule has 1 saturated carbocycles. The van der Waals surface area contributed by atoms with Gasteiger partial charge >= 0.3 is 0 Å². The van der Waals surface area contributed by atoms with Gasteiger partial charge in [-0.25, -0.2) is 0 Å². The van der Waals surface area contributed by atoms with Crippen LogP contribution in [0, 0.1) is 5.92 Å². The zero-order valence-corrected chi connectivity index (χ0v) is 14.8. The van der Waals surface area contributed by atoms with Gasteiger partial charge in [-0.2, -0.15) is 0 Å². The number of nitrogens with one attached hydrogen (secondary N) is 2. The quantitative estimate of drug-likeness (QED) is 0.741. The molecule has 2 rings (SSSR count). The number of halogens is 1. The standard InChI is InChI=1S/C18H25ClN2O3/c1-13(24-16-9-7-15(19)8-10-16)17(22)20-11-12-21-18(23)14-5-3-2-4-6-14/h7-10,13-14H,2-6,11-12H2,1H3,(H,20,22)(H,21,23). The van der Waals surface area contributed by atoms with E-state index in [0.717, 1.165) is 25.7 Å². The van der Waals surface area contributed by atoms with E-state index in [1.165, 1.54) is 6.42 Å². The van der Waals surface area contributed by atoms with Crippen LogP contribution in [0.5, 0.6) is 5.75 Å². The van der Waals surface area contributed by atoms with Gasteiger partial charge in [0, 0.05) is 24.0 Å². The molecule has 132 valence electrons. The molecule has 24 heavy (non-hydrogen) atoms. The molecule has 1 aromatic rings. The number of rotatable bonds is 7. The Balaban J connectivity index is 1.63. The number of ether oxygens (including phenoxy) is 1. The van der Waals surface area contributed by atoms with Gasteiger partial charge in [0.25, 0.3) is 5.91 Å². The van der Waals surface area contributed by atoms with E-state index in [0.29, 0.717) is 23.9 Å². The van der Waals surface area contributed by atoms with Crippen molar-refractivity contribution in [2.24, 2.45) is 5.92 Å². The maximum atomic E-state index is 12.0. The summed E-state index contributed by atoms with van der Waals surface area (Å²) in [6.45, 7) is 2.52. The van der Waals surface area contributed by atoms with E-state index in [1.807, 2.05) is 0 Å². The Bertz CT molecular complexity index is 542. The van der Waals surface area contributed by atoms with Crippen molar-refractivity contribution in [3.63, 3.8) is 0 Å². The van der Waals surface area contributed by atoms with Crippen LogP contribution in [0.25, 0.3) is 0 Å². The lowest BCUT2D eigenvalue weighted by Gasteiger charge is -2.21. The van der Waals surface area contributed by atoms with Crippen LogP contribution in [0.1, 0.15) is 39.0 Å². The highest BCUT2D eigenvalue weighted by molar-refractivity contribution is 6.30. The number of hydrogen-bond acceptors (Lipinski definition) is 3. The Labute approximate surface area is 148 Å². The fraction of sp³-hybridized carbons (Fsp3) is 0.556. The Kier molecular flexibility index (Phi) is 7.37. The van der Waals surface area contributed by atoms with Crippen LogP contribution in [0.3, 0.4) is 0 Å². The second-order valence-corrected chi connectivity index (χ2v) is 6.57. The minimum Gasteiger partial charge on any atom is -0.481 e. The third-order valence-corrected chi connectivity index (χ3v) is 4.45. The number of hydrogen-bond donors (Lipinski definition) is 2. The van der Waals surface area contributed by atoms with Gasteiger partial charge in [-0.1, -0.05) is 30.9 Å². The molecule has 2 amide bonds. The SMILES string of the molecule is CC(Oc1ccc(Cl)cc1)C(=O)NCCNC(=O)C1CCCCC1. The summed E-state index contributed by atoms with van der Waals surface area (Å²) in [4.78, 5) is 24.0. The van der Waals surface area contributed by atoms with E-state index in [1.54, 1.807) is 31.2 Å². The Hall–Kier alpha value is -1.75. The van der Waals surface area contributed by atoms with Crippen molar-refractivity contribution < 1.29 is 14.3 Å². The van der Waals surface area contributed by atoms with E-state index in [9.17, 15) is 9.59 Å². The summed E-state index contributed by atoms with van der Waals surface area (Å²) in [5.74, 6) is 0.626. The monoisotopic (exact) mass is 352 g/mol. The average Bonchev–Trinajstić information content (AvgIpc) is 2.61. The van der Waals surface area contributed by atoms with Crippen LogP contribution < -0.4 is 15.4 Å². The van der Waals surface area contributed by atoms with Crippen LogP contribution in [-0.2, 0) is 9.59 Å². The Morgan fingerprint density at radius 1 is 1.12 bits per heavy atom. The van der Waals surface area contributed by atoms with Crippen molar-refractivity contribution in [1.29, 1.82) is 0 Å². The molecule has 2 N–H and O–H groups in total. The lowest BCUT2D eigenvalue weighted by Crippen LogP contribution is -2.42. The summed E-state index contributed by atoms with van der Waals surface area (Å²) in [6.07, 6.45) is 4.84. The molecule has 0 aromatic heterocycles. The predicted molar refractivity (Wildman–Crippen MR) is 94.1 cm³/mol. The van der Waals surface area contributed by atoms with Gasteiger partial charge in [0.1, 0.15) is 5.75 Å². The van der Waals surface area contributed by atoms with Crippen LogP contribution in [0.15, 0.2) is 24.3 Å². The topological polar surface area (TPSA) is 67.4 Å². The second kappa shape index (κ2) is 9.52. The minimum absolute atomic E-state index is 0.106. The molecule has 0 bridgehead atoms. The highest BCUT2D eigenvalue weighted by atomic mass is 35.5. The lowest BCUT2D eigenvalue weighted by atomic mass is 9.89. The van der Waals surface area contributed by atoms with Crippen LogP contribution in [0.4, 0.5) is 0 Å². The largest absolute Gasteiger partial charge is 0.481 e. The maximum absolute atomic E-state index is 12.0. The van der Waals surface area contributed by atoms with E-state index in [2.05, 4.69) is 10.6 Å². The fourth-order valence-electron chi connectivity index (χ4n) is 2.80. The molecule has 1 atom stereocenters. The van der Waals surface area contributed by atoms with Gasteiger partial charge in [0.15, 0.2) is 6.10 Å². The van der Waals surface area contributed by atoms with Gasteiger partial charge in [-0.05, 0) is 44.0 Å². The van der Waals surface area contributed by atoms with Crippen LogP contribution >= 0.6 is 11.6 Å². The second-order valence-electron chi connectivity index (χ2n) is 6.13. The molecule has 1 aliphatic rings. The normalized spacial score (nSPS) is 16.2. The Morgan fingerprint density at radius 3 is 2.42 bits per heavy atom. The summed E-state index contributed by atoms with van der Waals surface area (Å²) in [6, 6.07) is 6.86. The van der Waals surface area contributed by atoms with Gasteiger partial charge in [-0.3, -0.25) is 9.59 Å². The molecule has 1 fully saturated rings.